The summed E-state index contributed by atoms with van der Waals surface area (Å²) in [4.78, 5) is 23.5. The number of benzene rings is 1. The molecule has 5 heteroatoms. The van der Waals surface area contributed by atoms with E-state index in [4.69, 9.17) is 0 Å². The van der Waals surface area contributed by atoms with Crippen molar-refractivity contribution >= 4 is 5.91 Å². The molecule has 1 heterocycles. The van der Waals surface area contributed by atoms with Crippen molar-refractivity contribution < 1.29 is 4.79 Å². The Hall–Kier alpha value is -2.87. The van der Waals surface area contributed by atoms with Gasteiger partial charge < -0.3 is 9.88 Å². The van der Waals surface area contributed by atoms with Crippen LogP contribution in [0.2, 0.25) is 0 Å². The molecule has 5 nitrogen and oxygen atoms in total. The molecule has 1 N–H and O–H groups in total. The molecule has 0 fully saturated rings. The SMILES string of the molecule is CC(=O)NCc1ccc(-c2ccn(CCC(C)C)c(=O)c2C#N)cc1. The first kappa shape index (κ1) is 18.5. The molecule has 2 aromatic rings. The molecule has 1 aromatic carbocycles. The monoisotopic (exact) mass is 337 g/mol. The second-order valence-corrected chi connectivity index (χ2v) is 6.50. The molecule has 0 saturated carbocycles. The van der Waals surface area contributed by atoms with E-state index in [1.165, 1.54) is 6.92 Å². The molecular weight excluding hydrogens is 314 g/mol. The normalized spacial score (nSPS) is 10.5. The molecule has 0 atom stereocenters. The third kappa shape index (κ3) is 4.80. The number of carbonyl (C=O) groups is 1. The molecule has 0 aliphatic rings. The van der Waals surface area contributed by atoms with E-state index >= 15 is 0 Å². The molecule has 1 amide bonds. The van der Waals surface area contributed by atoms with E-state index in [9.17, 15) is 14.9 Å². The number of hydrogen-bond donors (Lipinski definition) is 1. The molecule has 0 aliphatic heterocycles. The summed E-state index contributed by atoms with van der Waals surface area (Å²) in [6.07, 6.45) is 2.65. The lowest BCUT2D eigenvalue weighted by Gasteiger charge is -2.11. The van der Waals surface area contributed by atoms with Gasteiger partial charge in [0.05, 0.1) is 0 Å². The zero-order chi connectivity index (χ0) is 18.4. The summed E-state index contributed by atoms with van der Waals surface area (Å²) >= 11 is 0. The number of amides is 1. The van der Waals surface area contributed by atoms with Gasteiger partial charge >= 0.3 is 0 Å². The molecule has 130 valence electrons. The first-order valence-corrected chi connectivity index (χ1v) is 8.39. The van der Waals surface area contributed by atoms with E-state index in [0.717, 1.165) is 17.5 Å². The minimum Gasteiger partial charge on any atom is -0.352 e. The number of aromatic nitrogens is 1. The summed E-state index contributed by atoms with van der Waals surface area (Å²) in [6.45, 7) is 6.75. The van der Waals surface area contributed by atoms with Gasteiger partial charge in [0.2, 0.25) is 5.91 Å². The standard InChI is InChI=1S/C20H23N3O2/c1-14(2)8-10-23-11-9-18(19(12-21)20(23)25)17-6-4-16(5-7-17)13-22-15(3)24/h4-7,9,11,14H,8,10,13H2,1-3H3,(H,22,24). The Kier molecular flexibility index (Phi) is 6.13. The van der Waals surface area contributed by atoms with Crippen LogP contribution in [0.1, 0.15) is 38.3 Å². The quantitative estimate of drug-likeness (QED) is 0.880. The van der Waals surface area contributed by atoms with Gasteiger partial charge in [-0.3, -0.25) is 9.59 Å². The molecule has 0 aliphatic carbocycles. The topological polar surface area (TPSA) is 74.9 Å². The molecule has 2 rings (SSSR count). The van der Waals surface area contributed by atoms with Crippen LogP contribution < -0.4 is 10.9 Å². The number of carbonyl (C=O) groups excluding carboxylic acids is 1. The van der Waals surface area contributed by atoms with Crippen LogP contribution in [0.3, 0.4) is 0 Å². The maximum atomic E-state index is 12.5. The van der Waals surface area contributed by atoms with E-state index < -0.39 is 0 Å². The summed E-state index contributed by atoms with van der Waals surface area (Å²) in [6, 6.07) is 11.4. The van der Waals surface area contributed by atoms with Crippen molar-refractivity contribution in [2.24, 2.45) is 5.92 Å². The highest BCUT2D eigenvalue weighted by Gasteiger charge is 2.12. The van der Waals surface area contributed by atoms with E-state index in [1.54, 1.807) is 10.8 Å². The van der Waals surface area contributed by atoms with Crippen LogP contribution >= 0.6 is 0 Å². The lowest BCUT2D eigenvalue weighted by molar-refractivity contribution is -0.119. The second-order valence-electron chi connectivity index (χ2n) is 6.50. The van der Waals surface area contributed by atoms with Crippen molar-refractivity contribution in [1.29, 1.82) is 5.26 Å². The average Bonchev–Trinajstić information content (AvgIpc) is 2.59. The first-order valence-electron chi connectivity index (χ1n) is 8.39. The maximum absolute atomic E-state index is 12.5. The third-order valence-electron chi connectivity index (χ3n) is 4.03. The van der Waals surface area contributed by atoms with Gasteiger partial charge in [0.1, 0.15) is 11.6 Å². The third-order valence-corrected chi connectivity index (χ3v) is 4.03. The van der Waals surface area contributed by atoms with Gasteiger partial charge in [-0.2, -0.15) is 5.26 Å². The zero-order valence-corrected chi connectivity index (χ0v) is 14.9. The molecular formula is C20H23N3O2. The molecule has 0 bridgehead atoms. The largest absolute Gasteiger partial charge is 0.352 e. The fraction of sp³-hybridized carbons (Fsp3) is 0.350. The van der Waals surface area contributed by atoms with Crippen molar-refractivity contribution in [2.75, 3.05) is 0 Å². The lowest BCUT2D eigenvalue weighted by atomic mass is 10.0. The van der Waals surface area contributed by atoms with Gasteiger partial charge in [-0.05, 0) is 29.5 Å². The Morgan fingerprint density at radius 2 is 1.92 bits per heavy atom. The Morgan fingerprint density at radius 3 is 2.48 bits per heavy atom. The highest BCUT2D eigenvalue weighted by molar-refractivity contribution is 5.73. The minimum atomic E-state index is -0.247. The van der Waals surface area contributed by atoms with Gasteiger partial charge in [-0.25, -0.2) is 0 Å². The Bertz CT molecular complexity index is 843. The number of nitrogens with one attached hydrogen (secondary N) is 1. The number of nitrogens with zero attached hydrogens (tertiary/aromatic N) is 2. The number of pyridine rings is 1. The summed E-state index contributed by atoms with van der Waals surface area (Å²) in [5, 5.41) is 12.2. The van der Waals surface area contributed by atoms with E-state index in [1.807, 2.05) is 30.3 Å². The smallest absolute Gasteiger partial charge is 0.269 e. The van der Waals surface area contributed by atoms with E-state index in [2.05, 4.69) is 25.2 Å². The van der Waals surface area contributed by atoms with Gasteiger partial charge in [0.25, 0.3) is 5.56 Å². The predicted octanol–water partition coefficient (Wildman–Crippen LogP) is 3.07. The van der Waals surface area contributed by atoms with Crippen LogP contribution in [0.15, 0.2) is 41.3 Å². The van der Waals surface area contributed by atoms with E-state index in [-0.39, 0.29) is 17.0 Å². The average molecular weight is 337 g/mol. The summed E-state index contributed by atoms with van der Waals surface area (Å²) in [5.41, 5.74) is 2.34. The fourth-order valence-corrected chi connectivity index (χ4v) is 2.53. The predicted molar refractivity (Wildman–Crippen MR) is 97.8 cm³/mol. The van der Waals surface area contributed by atoms with E-state index in [0.29, 0.717) is 24.6 Å². The van der Waals surface area contributed by atoms with Crippen LogP contribution in [-0.4, -0.2) is 10.5 Å². The molecule has 0 saturated heterocycles. The van der Waals surface area contributed by atoms with Crippen LogP contribution in [0.5, 0.6) is 0 Å². The van der Waals surface area contributed by atoms with Crippen molar-refractivity contribution in [2.45, 2.75) is 40.3 Å². The molecule has 1 aromatic heterocycles. The van der Waals surface area contributed by atoms with Crippen LogP contribution in [0, 0.1) is 17.2 Å². The molecule has 0 unspecified atom stereocenters. The molecule has 0 spiro atoms. The highest BCUT2D eigenvalue weighted by atomic mass is 16.1. The second kappa shape index (κ2) is 8.29. The Balaban J connectivity index is 2.30. The summed E-state index contributed by atoms with van der Waals surface area (Å²) in [7, 11) is 0. The summed E-state index contributed by atoms with van der Waals surface area (Å²) in [5.74, 6) is 0.411. The van der Waals surface area contributed by atoms with Gasteiger partial charge in [-0.15, -0.1) is 0 Å². The highest BCUT2D eigenvalue weighted by Crippen LogP contribution is 2.22. The fourth-order valence-electron chi connectivity index (χ4n) is 2.53. The van der Waals surface area contributed by atoms with Crippen LogP contribution in [0.25, 0.3) is 11.1 Å². The lowest BCUT2D eigenvalue weighted by Crippen LogP contribution is -2.23. The Labute approximate surface area is 147 Å². The Morgan fingerprint density at radius 1 is 1.24 bits per heavy atom. The van der Waals surface area contributed by atoms with Gasteiger partial charge in [-0.1, -0.05) is 38.1 Å². The van der Waals surface area contributed by atoms with Gasteiger partial charge in [0.15, 0.2) is 0 Å². The molecule has 25 heavy (non-hydrogen) atoms. The van der Waals surface area contributed by atoms with Crippen molar-refractivity contribution in [3.05, 3.63) is 58.0 Å². The first-order chi connectivity index (χ1) is 11.9. The minimum absolute atomic E-state index is 0.0825. The molecule has 0 radical (unpaired) electrons. The van der Waals surface area contributed by atoms with Gasteiger partial charge in [0, 0.05) is 31.8 Å². The van der Waals surface area contributed by atoms with Crippen molar-refractivity contribution in [1.82, 2.24) is 9.88 Å². The van der Waals surface area contributed by atoms with Crippen molar-refractivity contribution in [3.8, 4) is 17.2 Å². The van der Waals surface area contributed by atoms with Crippen LogP contribution in [0.4, 0.5) is 0 Å². The van der Waals surface area contributed by atoms with Crippen molar-refractivity contribution in [3.63, 3.8) is 0 Å². The number of aryl methyl sites for hydroxylation is 1. The summed E-state index contributed by atoms with van der Waals surface area (Å²) < 4.78 is 1.60. The number of rotatable bonds is 6. The maximum Gasteiger partial charge on any atom is 0.269 e. The number of hydrogen-bond acceptors (Lipinski definition) is 3. The number of nitriles is 1. The van der Waals surface area contributed by atoms with Crippen LogP contribution in [-0.2, 0) is 17.9 Å². The zero-order valence-electron chi connectivity index (χ0n) is 14.9.